The second-order valence-electron chi connectivity index (χ2n) is 6.30. The Morgan fingerprint density at radius 1 is 1.15 bits per heavy atom. The molecule has 0 unspecified atom stereocenters. The van der Waals surface area contributed by atoms with E-state index in [-0.39, 0.29) is 18.6 Å². The van der Waals surface area contributed by atoms with Crippen molar-refractivity contribution in [1.82, 2.24) is 15.5 Å². The van der Waals surface area contributed by atoms with Gasteiger partial charge in [-0.15, -0.1) is 0 Å². The smallest absolute Gasteiger partial charge is 0.262 e. The molecule has 0 aliphatic heterocycles. The number of hydrogen-bond acceptors (Lipinski definition) is 5. The topological polar surface area (TPSA) is 77.2 Å². The van der Waals surface area contributed by atoms with Gasteiger partial charge in [-0.3, -0.25) is 4.79 Å². The Hall–Kier alpha value is -3.15. The molecule has 26 heavy (non-hydrogen) atoms. The molecular weight excluding hydrogens is 330 g/mol. The largest absolute Gasteiger partial charge is 0.483 e. The van der Waals surface area contributed by atoms with Crippen LogP contribution in [0.15, 0.2) is 53.1 Å². The predicted octanol–water partition coefficient (Wildman–Crippen LogP) is 3.62. The highest BCUT2D eigenvalue weighted by Gasteiger charge is 2.15. The number of carbonyl (C=O) groups is 1. The molecule has 1 N–H and O–H groups in total. The van der Waals surface area contributed by atoms with Crippen molar-refractivity contribution in [2.24, 2.45) is 0 Å². The number of nitrogens with one attached hydrogen (secondary N) is 1. The van der Waals surface area contributed by atoms with Crippen LogP contribution in [-0.4, -0.2) is 28.7 Å². The van der Waals surface area contributed by atoms with Gasteiger partial charge in [0, 0.05) is 11.6 Å². The third kappa shape index (κ3) is 4.27. The van der Waals surface area contributed by atoms with Gasteiger partial charge in [-0.2, -0.15) is 4.98 Å². The SMILES string of the molecule is Cc1ccc(-c2noc(-c3ccccc3OCC(=O)NC(C)C)n2)cc1. The average molecular weight is 351 g/mol. The minimum Gasteiger partial charge on any atom is -0.483 e. The van der Waals surface area contributed by atoms with Crippen LogP contribution in [0.5, 0.6) is 5.75 Å². The lowest BCUT2D eigenvalue weighted by Crippen LogP contribution is -2.34. The summed E-state index contributed by atoms with van der Waals surface area (Å²) in [6, 6.07) is 15.2. The van der Waals surface area contributed by atoms with Crippen LogP contribution in [0.2, 0.25) is 0 Å². The van der Waals surface area contributed by atoms with Crippen molar-refractivity contribution < 1.29 is 14.1 Å². The summed E-state index contributed by atoms with van der Waals surface area (Å²) in [5.41, 5.74) is 2.69. The number of nitrogens with zero attached hydrogens (tertiary/aromatic N) is 2. The normalized spacial score (nSPS) is 10.8. The molecule has 0 saturated heterocycles. The summed E-state index contributed by atoms with van der Waals surface area (Å²) in [5.74, 6) is 1.19. The van der Waals surface area contributed by atoms with Gasteiger partial charge in [0.2, 0.25) is 5.82 Å². The van der Waals surface area contributed by atoms with Crippen molar-refractivity contribution in [2.45, 2.75) is 26.8 Å². The molecule has 2 aromatic carbocycles. The summed E-state index contributed by atoms with van der Waals surface area (Å²) >= 11 is 0. The number of ether oxygens (including phenoxy) is 1. The molecular formula is C20H21N3O3. The van der Waals surface area contributed by atoms with Crippen LogP contribution in [0, 0.1) is 6.92 Å². The van der Waals surface area contributed by atoms with Gasteiger partial charge in [-0.05, 0) is 32.9 Å². The number of benzene rings is 2. The van der Waals surface area contributed by atoms with Gasteiger partial charge in [-0.25, -0.2) is 0 Å². The van der Waals surface area contributed by atoms with Crippen LogP contribution < -0.4 is 10.1 Å². The number of para-hydroxylation sites is 1. The third-order valence-electron chi connectivity index (χ3n) is 3.66. The fraction of sp³-hybridized carbons (Fsp3) is 0.250. The molecule has 0 fully saturated rings. The molecule has 134 valence electrons. The number of rotatable bonds is 6. The number of aryl methyl sites for hydroxylation is 1. The summed E-state index contributed by atoms with van der Waals surface area (Å²) in [7, 11) is 0. The van der Waals surface area contributed by atoms with Crippen molar-refractivity contribution in [3.63, 3.8) is 0 Å². The highest BCUT2D eigenvalue weighted by atomic mass is 16.5. The van der Waals surface area contributed by atoms with E-state index in [0.29, 0.717) is 23.0 Å². The first kappa shape index (κ1) is 17.7. The average Bonchev–Trinajstić information content (AvgIpc) is 3.10. The summed E-state index contributed by atoms with van der Waals surface area (Å²) in [6.07, 6.45) is 0. The molecule has 0 spiro atoms. The standard InChI is InChI=1S/C20H21N3O3/c1-13(2)21-18(24)12-25-17-7-5-4-6-16(17)20-22-19(23-26-20)15-10-8-14(3)9-11-15/h4-11,13H,12H2,1-3H3,(H,21,24). The Labute approximate surface area is 152 Å². The Balaban J connectivity index is 1.80. The molecule has 3 rings (SSSR count). The Morgan fingerprint density at radius 3 is 2.62 bits per heavy atom. The van der Waals surface area contributed by atoms with Gasteiger partial charge < -0.3 is 14.6 Å². The summed E-state index contributed by atoms with van der Waals surface area (Å²) in [5, 5.41) is 6.83. The van der Waals surface area contributed by atoms with Crippen LogP contribution in [-0.2, 0) is 4.79 Å². The first-order chi connectivity index (χ1) is 12.5. The van der Waals surface area contributed by atoms with Gasteiger partial charge in [-0.1, -0.05) is 47.1 Å². The molecule has 0 aliphatic rings. The van der Waals surface area contributed by atoms with E-state index in [4.69, 9.17) is 9.26 Å². The number of aromatic nitrogens is 2. The monoisotopic (exact) mass is 351 g/mol. The molecule has 0 atom stereocenters. The fourth-order valence-electron chi connectivity index (χ4n) is 2.43. The number of amides is 1. The molecule has 0 bridgehead atoms. The third-order valence-corrected chi connectivity index (χ3v) is 3.66. The lowest BCUT2D eigenvalue weighted by molar-refractivity contribution is -0.123. The molecule has 1 amide bonds. The second-order valence-corrected chi connectivity index (χ2v) is 6.30. The van der Waals surface area contributed by atoms with Crippen molar-refractivity contribution >= 4 is 5.91 Å². The van der Waals surface area contributed by atoms with Gasteiger partial charge in [0.1, 0.15) is 5.75 Å². The molecule has 6 heteroatoms. The molecule has 1 aromatic heterocycles. The van der Waals surface area contributed by atoms with Crippen LogP contribution >= 0.6 is 0 Å². The molecule has 6 nitrogen and oxygen atoms in total. The predicted molar refractivity (Wildman–Crippen MR) is 98.7 cm³/mol. The Morgan fingerprint density at radius 2 is 1.88 bits per heavy atom. The van der Waals surface area contributed by atoms with E-state index < -0.39 is 0 Å². The van der Waals surface area contributed by atoms with Crippen LogP contribution in [0.4, 0.5) is 0 Å². The van der Waals surface area contributed by atoms with Crippen molar-refractivity contribution in [2.75, 3.05) is 6.61 Å². The maximum Gasteiger partial charge on any atom is 0.262 e. The van der Waals surface area contributed by atoms with Gasteiger partial charge in [0.05, 0.1) is 5.56 Å². The van der Waals surface area contributed by atoms with E-state index in [9.17, 15) is 4.79 Å². The van der Waals surface area contributed by atoms with E-state index >= 15 is 0 Å². The number of hydrogen-bond donors (Lipinski definition) is 1. The zero-order valence-electron chi connectivity index (χ0n) is 15.0. The first-order valence-corrected chi connectivity index (χ1v) is 8.45. The van der Waals surface area contributed by atoms with Crippen LogP contribution in [0.25, 0.3) is 22.8 Å². The molecule has 1 heterocycles. The second kappa shape index (κ2) is 7.82. The van der Waals surface area contributed by atoms with Gasteiger partial charge in [0.25, 0.3) is 11.8 Å². The summed E-state index contributed by atoms with van der Waals surface area (Å²) in [6.45, 7) is 5.75. The minimum atomic E-state index is -0.180. The van der Waals surface area contributed by atoms with E-state index in [1.165, 1.54) is 0 Å². The van der Waals surface area contributed by atoms with Gasteiger partial charge >= 0.3 is 0 Å². The highest BCUT2D eigenvalue weighted by molar-refractivity contribution is 5.78. The van der Waals surface area contributed by atoms with Crippen LogP contribution in [0.1, 0.15) is 19.4 Å². The minimum absolute atomic E-state index is 0.0642. The Bertz CT molecular complexity index is 885. The highest BCUT2D eigenvalue weighted by Crippen LogP contribution is 2.30. The summed E-state index contributed by atoms with van der Waals surface area (Å²) in [4.78, 5) is 16.3. The number of carbonyl (C=O) groups excluding carboxylic acids is 1. The molecule has 3 aromatic rings. The maximum absolute atomic E-state index is 11.8. The van der Waals surface area contributed by atoms with Crippen molar-refractivity contribution in [1.29, 1.82) is 0 Å². The van der Waals surface area contributed by atoms with Crippen molar-refractivity contribution in [3.05, 3.63) is 54.1 Å². The van der Waals surface area contributed by atoms with E-state index in [0.717, 1.165) is 11.1 Å². The van der Waals surface area contributed by atoms with Gasteiger partial charge in [0.15, 0.2) is 6.61 Å². The lowest BCUT2D eigenvalue weighted by Gasteiger charge is -2.11. The van der Waals surface area contributed by atoms with Crippen LogP contribution in [0.3, 0.4) is 0 Å². The zero-order chi connectivity index (χ0) is 18.5. The first-order valence-electron chi connectivity index (χ1n) is 8.45. The summed E-state index contributed by atoms with van der Waals surface area (Å²) < 4.78 is 11.1. The zero-order valence-corrected chi connectivity index (χ0v) is 15.0. The molecule has 0 saturated carbocycles. The fourth-order valence-corrected chi connectivity index (χ4v) is 2.43. The van der Waals surface area contributed by atoms with E-state index in [1.54, 1.807) is 6.07 Å². The maximum atomic E-state index is 11.8. The van der Waals surface area contributed by atoms with E-state index in [2.05, 4.69) is 15.5 Å². The van der Waals surface area contributed by atoms with Crippen molar-refractivity contribution in [3.8, 4) is 28.6 Å². The quantitative estimate of drug-likeness (QED) is 0.734. The van der Waals surface area contributed by atoms with E-state index in [1.807, 2.05) is 63.2 Å². The Kier molecular flexibility index (Phi) is 5.31. The molecule has 0 aliphatic carbocycles. The lowest BCUT2D eigenvalue weighted by atomic mass is 10.1. The molecule has 0 radical (unpaired) electrons.